The zero-order chi connectivity index (χ0) is 15.2. The van der Waals surface area contributed by atoms with Crippen molar-refractivity contribution >= 4 is 33.2 Å². The molecule has 0 aliphatic rings. The Labute approximate surface area is 131 Å². The first-order chi connectivity index (χ1) is 10.1. The number of halogens is 1. The van der Waals surface area contributed by atoms with E-state index in [1.807, 2.05) is 18.2 Å². The number of carbonyl (C=O) groups is 1. The minimum atomic E-state index is -0.458. The first-order valence-corrected chi connectivity index (χ1v) is 7.17. The molecule has 0 aromatic heterocycles. The van der Waals surface area contributed by atoms with Crippen molar-refractivity contribution in [1.29, 1.82) is 0 Å². The van der Waals surface area contributed by atoms with Crippen molar-refractivity contribution in [2.24, 2.45) is 5.73 Å². The highest BCUT2D eigenvalue weighted by Crippen LogP contribution is 2.21. The Morgan fingerprint density at radius 2 is 1.90 bits per heavy atom. The molecule has 5 nitrogen and oxygen atoms in total. The third kappa shape index (κ3) is 4.39. The molecule has 0 saturated carbocycles. The molecule has 5 N–H and O–H groups in total. The number of primary amides is 1. The van der Waals surface area contributed by atoms with E-state index in [0.29, 0.717) is 28.9 Å². The highest BCUT2D eigenvalue weighted by Gasteiger charge is 2.06. The zero-order valence-electron chi connectivity index (χ0n) is 11.3. The van der Waals surface area contributed by atoms with Gasteiger partial charge in [0.2, 0.25) is 5.91 Å². The van der Waals surface area contributed by atoms with Gasteiger partial charge in [-0.2, -0.15) is 0 Å². The number of nitrogens with one attached hydrogen (secondary N) is 1. The summed E-state index contributed by atoms with van der Waals surface area (Å²) in [4.78, 5) is 11.1. The Hall–Kier alpha value is -2.21. The van der Waals surface area contributed by atoms with Crippen molar-refractivity contribution in [3.8, 4) is 5.75 Å². The summed E-state index contributed by atoms with van der Waals surface area (Å²) in [5.41, 5.74) is 12.9. The van der Waals surface area contributed by atoms with Crippen LogP contribution in [0.4, 0.5) is 11.4 Å². The maximum atomic E-state index is 11.1. The van der Waals surface area contributed by atoms with Gasteiger partial charge in [-0.25, -0.2) is 0 Å². The Morgan fingerprint density at radius 1 is 1.19 bits per heavy atom. The molecule has 0 saturated heterocycles. The first-order valence-electron chi connectivity index (χ1n) is 6.38. The summed E-state index contributed by atoms with van der Waals surface area (Å²) in [6.45, 7) is 1.14. The summed E-state index contributed by atoms with van der Waals surface area (Å²) < 4.78 is 6.24. The second kappa shape index (κ2) is 6.99. The van der Waals surface area contributed by atoms with Crippen LogP contribution in [-0.2, 0) is 0 Å². The van der Waals surface area contributed by atoms with Gasteiger partial charge < -0.3 is 21.5 Å². The lowest BCUT2D eigenvalue weighted by Gasteiger charge is -2.10. The predicted octanol–water partition coefficient (Wildman–Crippen LogP) is 2.62. The van der Waals surface area contributed by atoms with Gasteiger partial charge in [0.25, 0.3) is 0 Å². The van der Waals surface area contributed by atoms with Crippen molar-refractivity contribution in [3.63, 3.8) is 0 Å². The molecule has 1 amide bonds. The average Bonchev–Trinajstić information content (AvgIpc) is 2.45. The van der Waals surface area contributed by atoms with Gasteiger partial charge >= 0.3 is 0 Å². The fraction of sp³-hybridized carbons (Fsp3) is 0.133. The van der Waals surface area contributed by atoms with Crippen molar-refractivity contribution in [3.05, 3.63) is 52.5 Å². The SMILES string of the molecule is NC(=O)c1ccc(NCCOc2ccc(N)cc2)cc1Br. The highest BCUT2D eigenvalue weighted by molar-refractivity contribution is 9.10. The fourth-order valence-corrected chi connectivity index (χ4v) is 2.33. The Bertz CT molecular complexity index is 629. The van der Waals surface area contributed by atoms with Crippen LogP contribution in [0, 0.1) is 0 Å². The molecule has 2 aromatic carbocycles. The lowest BCUT2D eigenvalue weighted by Crippen LogP contribution is -2.13. The number of ether oxygens (including phenoxy) is 1. The molecule has 0 bridgehead atoms. The lowest BCUT2D eigenvalue weighted by atomic mass is 10.2. The van der Waals surface area contributed by atoms with E-state index in [-0.39, 0.29) is 0 Å². The molecular formula is C15H16BrN3O2. The molecule has 0 heterocycles. The van der Waals surface area contributed by atoms with E-state index in [4.69, 9.17) is 16.2 Å². The quantitative estimate of drug-likeness (QED) is 0.552. The second-order valence-electron chi connectivity index (χ2n) is 4.40. The van der Waals surface area contributed by atoms with Crippen LogP contribution in [-0.4, -0.2) is 19.1 Å². The molecule has 0 atom stereocenters. The molecule has 0 radical (unpaired) electrons. The number of rotatable bonds is 6. The van der Waals surface area contributed by atoms with Crippen LogP contribution < -0.4 is 21.5 Å². The van der Waals surface area contributed by atoms with Gasteiger partial charge in [0.15, 0.2) is 0 Å². The molecule has 0 aliphatic heterocycles. The molecule has 6 heteroatoms. The molecule has 0 unspecified atom stereocenters. The summed E-state index contributed by atoms with van der Waals surface area (Å²) in [6.07, 6.45) is 0. The van der Waals surface area contributed by atoms with Gasteiger partial charge in [0.1, 0.15) is 12.4 Å². The number of anilines is 2. The van der Waals surface area contributed by atoms with E-state index in [9.17, 15) is 4.79 Å². The third-order valence-corrected chi connectivity index (χ3v) is 3.47. The van der Waals surface area contributed by atoms with Gasteiger partial charge in [-0.1, -0.05) is 0 Å². The van der Waals surface area contributed by atoms with Gasteiger partial charge in [0.05, 0.1) is 5.56 Å². The Balaban J connectivity index is 1.82. The molecular weight excluding hydrogens is 334 g/mol. The van der Waals surface area contributed by atoms with Gasteiger partial charge in [-0.05, 0) is 58.4 Å². The van der Waals surface area contributed by atoms with Crippen molar-refractivity contribution in [1.82, 2.24) is 0 Å². The molecule has 0 spiro atoms. The van der Waals surface area contributed by atoms with E-state index < -0.39 is 5.91 Å². The summed E-state index contributed by atoms with van der Waals surface area (Å²) in [6, 6.07) is 12.5. The number of hydrogen-bond donors (Lipinski definition) is 3. The average molecular weight is 350 g/mol. The molecule has 2 aromatic rings. The maximum Gasteiger partial charge on any atom is 0.249 e. The Morgan fingerprint density at radius 3 is 2.52 bits per heavy atom. The number of benzene rings is 2. The van der Waals surface area contributed by atoms with Crippen LogP contribution in [0.3, 0.4) is 0 Å². The highest BCUT2D eigenvalue weighted by atomic mass is 79.9. The minimum absolute atomic E-state index is 0.457. The van der Waals surface area contributed by atoms with E-state index in [0.717, 1.165) is 11.4 Å². The van der Waals surface area contributed by atoms with Crippen molar-refractivity contribution in [2.75, 3.05) is 24.2 Å². The number of nitrogens with two attached hydrogens (primary N) is 2. The summed E-state index contributed by atoms with van der Waals surface area (Å²) in [7, 11) is 0. The van der Waals surface area contributed by atoms with Gasteiger partial charge in [0, 0.05) is 22.4 Å². The van der Waals surface area contributed by atoms with Crippen LogP contribution >= 0.6 is 15.9 Å². The van der Waals surface area contributed by atoms with Gasteiger partial charge in [-0.3, -0.25) is 4.79 Å². The number of nitrogen functional groups attached to an aromatic ring is 1. The van der Waals surface area contributed by atoms with E-state index in [2.05, 4.69) is 21.2 Å². The first kappa shape index (κ1) is 15.2. The normalized spacial score (nSPS) is 10.1. The summed E-state index contributed by atoms with van der Waals surface area (Å²) in [5.74, 6) is 0.316. The zero-order valence-corrected chi connectivity index (χ0v) is 12.9. The molecule has 0 fully saturated rings. The molecule has 21 heavy (non-hydrogen) atoms. The number of carbonyl (C=O) groups excluding carboxylic acids is 1. The smallest absolute Gasteiger partial charge is 0.249 e. The van der Waals surface area contributed by atoms with Crippen molar-refractivity contribution in [2.45, 2.75) is 0 Å². The van der Waals surface area contributed by atoms with Crippen molar-refractivity contribution < 1.29 is 9.53 Å². The van der Waals surface area contributed by atoms with E-state index >= 15 is 0 Å². The standard InChI is InChI=1S/C15H16BrN3O2/c16-14-9-11(3-6-13(14)15(18)20)19-7-8-21-12-4-1-10(17)2-5-12/h1-6,9,19H,7-8,17H2,(H2,18,20). The molecule has 2 rings (SSSR count). The number of amides is 1. The molecule has 0 aliphatic carbocycles. The summed E-state index contributed by atoms with van der Waals surface area (Å²) >= 11 is 3.32. The third-order valence-electron chi connectivity index (χ3n) is 2.81. The Kier molecular flexibility index (Phi) is 5.05. The van der Waals surface area contributed by atoms with Crippen LogP contribution in [0.15, 0.2) is 46.9 Å². The van der Waals surface area contributed by atoms with Crippen LogP contribution in [0.1, 0.15) is 10.4 Å². The lowest BCUT2D eigenvalue weighted by molar-refractivity contribution is 0.0999. The topological polar surface area (TPSA) is 90.4 Å². The van der Waals surface area contributed by atoms with E-state index in [1.54, 1.807) is 24.3 Å². The van der Waals surface area contributed by atoms with E-state index in [1.165, 1.54) is 0 Å². The fourth-order valence-electron chi connectivity index (χ4n) is 1.75. The largest absolute Gasteiger partial charge is 0.492 e. The maximum absolute atomic E-state index is 11.1. The van der Waals surface area contributed by atoms with Crippen LogP contribution in [0.2, 0.25) is 0 Å². The van der Waals surface area contributed by atoms with Crippen LogP contribution in [0.5, 0.6) is 5.75 Å². The van der Waals surface area contributed by atoms with Gasteiger partial charge in [-0.15, -0.1) is 0 Å². The number of hydrogen-bond acceptors (Lipinski definition) is 4. The molecule has 110 valence electrons. The monoisotopic (exact) mass is 349 g/mol. The predicted molar refractivity (Wildman–Crippen MR) is 87.5 cm³/mol. The second-order valence-corrected chi connectivity index (χ2v) is 5.26. The van der Waals surface area contributed by atoms with Crippen LogP contribution in [0.25, 0.3) is 0 Å². The summed E-state index contributed by atoms with van der Waals surface area (Å²) in [5, 5.41) is 3.20. The minimum Gasteiger partial charge on any atom is -0.492 e.